The van der Waals surface area contributed by atoms with Crippen molar-refractivity contribution in [3.8, 4) is 0 Å². The molecule has 19 heavy (non-hydrogen) atoms. The number of nitrogens with zero attached hydrogens (tertiary/aromatic N) is 2. The third-order valence-electron chi connectivity index (χ3n) is 3.41. The number of hydrogen-bond donors (Lipinski definition) is 1. The zero-order valence-corrected chi connectivity index (χ0v) is 12.2. The highest BCUT2D eigenvalue weighted by Gasteiger charge is 2.25. The van der Waals surface area contributed by atoms with Crippen LogP contribution in [-0.4, -0.2) is 9.55 Å². The van der Waals surface area contributed by atoms with Gasteiger partial charge in [-0.2, -0.15) is 0 Å². The van der Waals surface area contributed by atoms with Crippen LogP contribution in [0.5, 0.6) is 0 Å². The number of halogens is 2. The number of hydrogen-bond acceptors (Lipinski definition) is 2. The van der Waals surface area contributed by atoms with Crippen molar-refractivity contribution >= 4 is 21.6 Å². The summed E-state index contributed by atoms with van der Waals surface area (Å²) in [5.41, 5.74) is 2.99. The van der Waals surface area contributed by atoms with Gasteiger partial charge in [0.2, 0.25) is 0 Å². The van der Waals surface area contributed by atoms with E-state index in [1.165, 1.54) is 18.9 Å². The third kappa shape index (κ3) is 2.66. The second-order valence-electron chi connectivity index (χ2n) is 4.96. The lowest BCUT2D eigenvalue weighted by Crippen LogP contribution is -2.07. The number of anilines is 1. The molecule has 0 spiro atoms. The van der Waals surface area contributed by atoms with Crippen molar-refractivity contribution in [1.29, 1.82) is 0 Å². The van der Waals surface area contributed by atoms with Gasteiger partial charge in [0.25, 0.3) is 0 Å². The lowest BCUT2D eigenvalue weighted by molar-refractivity contribution is 0.621. The fourth-order valence-electron chi connectivity index (χ4n) is 2.17. The maximum atomic E-state index is 13.5. The molecule has 0 unspecified atom stereocenters. The van der Waals surface area contributed by atoms with Gasteiger partial charge in [-0.15, -0.1) is 0 Å². The van der Waals surface area contributed by atoms with E-state index in [2.05, 4.69) is 30.8 Å². The Morgan fingerprint density at radius 2 is 2.26 bits per heavy atom. The molecule has 1 aromatic heterocycles. The van der Waals surface area contributed by atoms with Gasteiger partial charge in [0.1, 0.15) is 5.82 Å². The van der Waals surface area contributed by atoms with E-state index >= 15 is 0 Å². The Balaban J connectivity index is 1.75. The molecule has 1 N–H and O–H groups in total. The number of benzene rings is 1. The molecule has 5 heteroatoms. The molecular weight excluding hydrogens is 309 g/mol. The van der Waals surface area contributed by atoms with Gasteiger partial charge < -0.3 is 9.88 Å². The van der Waals surface area contributed by atoms with Gasteiger partial charge in [-0.1, -0.05) is 0 Å². The molecule has 0 saturated heterocycles. The van der Waals surface area contributed by atoms with Crippen LogP contribution in [0.3, 0.4) is 0 Å². The molecule has 0 bridgehead atoms. The summed E-state index contributed by atoms with van der Waals surface area (Å²) in [4.78, 5) is 4.19. The molecule has 1 heterocycles. The Morgan fingerprint density at radius 1 is 1.47 bits per heavy atom. The molecule has 3 rings (SSSR count). The predicted molar refractivity (Wildman–Crippen MR) is 76.7 cm³/mol. The van der Waals surface area contributed by atoms with Gasteiger partial charge in [0, 0.05) is 17.9 Å². The second kappa shape index (κ2) is 4.96. The zero-order chi connectivity index (χ0) is 13.4. The molecule has 0 atom stereocenters. The van der Waals surface area contributed by atoms with Crippen LogP contribution in [-0.2, 0) is 6.54 Å². The van der Waals surface area contributed by atoms with E-state index in [0.717, 1.165) is 16.9 Å². The highest BCUT2D eigenvalue weighted by molar-refractivity contribution is 9.10. The zero-order valence-electron chi connectivity index (χ0n) is 10.7. The predicted octanol–water partition coefficient (Wildman–Crippen LogP) is 4.04. The SMILES string of the molecule is Cc1cc(Br)c(F)cc1NCc1cncn1C1CC1. The summed E-state index contributed by atoms with van der Waals surface area (Å²) < 4.78 is 16.2. The number of imidazole rings is 1. The van der Waals surface area contributed by atoms with Crippen molar-refractivity contribution in [3.63, 3.8) is 0 Å². The van der Waals surface area contributed by atoms with Crippen LogP contribution in [0.25, 0.3) is 0 Å². The molecule has 2 aromatic rings. The first-order valence-electron chi connectivity index (χ1n) is 6.35. The maximum absolute atomic E-state index is 13.5. The molecule has 1 saturated carbocycles. The Hall–Kier alpha value is -1.36. The summed E-state index contributed by atoms with van der Waals surface area (Å²) in [6.07, 6.45) is 6.21. The van der Waals surface area contributed by atoms with Crippen LogP contribution < -0.4 is 5.32 Å². The van der Waals surface area contributed by atoms with Crippen LogP contribution >= 0.6 is 15.9 Å². The van der Waals surface area contributed by atoms with Gasteiger partial charge in [0.15, 0.2) is 0 Å². The fraction of sp³-hybridized carbons (Fsp3) is 0.357. The molecule has 0 amide bonds. The van der Waals surface area contributed by atoms with Gasteiger partial charge >= 0.3 is 0 Å². The molecule has 1 aliphatic carbocycles. The smallest absolute Gasteiger partial charge is 0.139 e. The topological polar surface area (TPSA) is 29.9 Å². The van der Waals surface area contributed by atoms with Crippen LogP contribution in [0, 0.1) is 12.7 Å². The molecule has 1 aliphatic rings. The highest BCUT2D eigenvalue weighted by Crippen LogP contribution is 2.35. The molecule has 0 aliphatic heterocycles. The lowest BCUT2D eigenvalue weighted by atomic mass is 10.2. The number of aryl methyl sites for hydroxylation is 1. The summed E-state index contributed by atoms with van der Waals surface area (Å²) in [7, 11) is 0. The Kier molecular flexibility index (Phi) is 3.31. The van der Waals surface area contributed by atoms with Crippen molar-refractivity contribution in [2.24, 2.45) is 0 Å². The summed E-state index contributed by atoms with van der Waals surface area (Å²) in [5.74, 6) is -0.246. The van der Waals surface area contributed by atoms with Crippen LogP contribution in [0.4, 0.5) is 10.1 Å². The van der Waals surface area contributed by atoms with E-state index < -0.39 is 0 Å². The first-order valence-corrected chi connectivity index (χ1v) is 7.14. The first-order chi connectivity index (χ1) is 9.15. The minimum absolute atomic E-state index is 0.246. The average Bonchev–Trinajstić information content (AvgIpc) is 3.12. The number of aromatic nitrogens is 2. The minimum Gasteiger partial charge on any atom is -0.379 e. The maximum Gasteiger partial charge on any atom is 0.139 e. The average molecular weight is 324 g/mol. The molecule has 1 aromatic carbocycles. The van der Waals surface area contributed by atoms with Crippen molar-refractivity contribution in [2.75, 3.05) is 5.32 Å². The monoisotopic (exact) mass is 323 g/mol. The van der Waals surface area contributed by atoms with Gasteiger partial charge in [-0.25, -0.2) is 9.37 Å². The standard InChI is InChI=1S/C14H15BrFN3/c1-9-4-12(15)13(16)5-14(9)18-7-11-6-17-8-19(11)10-2-3-10/h4-6,8,10,18H,2-3,7H2,1H3. The largest absolute Gasteiger partial charge is 0.379 e. The molecular formula is C14H15BrFN3. The van der Waals surface area contributed by atoms with Gasteiger partial charge in [-0.3, -0.25) is 0 Å². The van der Waals surface area contributed by atoms with Crippen molar-refractivity contribution in [2.45, 2.75) is 32.4 Å². The first kappa shape index (κ1) is 12.7. The molecule has 3 nitrogen and oxygen atoms in total. The fourth-order valence-corrected chi connectivity index (χ4v) is 2.63. The van der Waals surface area contributed by atoms with Crippen molar-refractivity contribution in [3.05, 3.63) is 46.2 Å². The van der Waals surface area contributed by atoms with Gasteiger partial charge in [0.05, 0.1) is 23.0 Å². The quantitative estimate of drug-likeness (QED) is 0.920. The van der Waals surface area contributed by atoms with E-state index in [9.17, 15) is 4.39 Å². The highest BCUT2D eigenvalue weighted by atomic mass is 79.9. The molecule has 0 radical (unpaired) electrons. The normalized spacial score (nSPS) is 14.7. The van der Waals surface area contributed by atoms with Crippen LogP contribution in [0.2, 0.25) is 0 Å². The summed E-state index contributed by atoms with van der Waals surface area (Å²) >= 11 is 3.19. The summed E-state index contributed by atoms with van der Waals surface area (Å²) in [5, 5.41) is 3.28. The van der Waals surface area contributed by atoms with E-state index in [-0.39, 0.29) is 5.82 Å². The summed E-state index contributed by atoms with van der Waals surface area (Å²) in [6, 6.07) is 3.93. The van der Waals surface area contributed by atoms with E-state index in [1.54, 1.807) is 6.07 Å². The summed E-state index contributed by atoms with van der Waals surface area (Å²) in [6.45, 7) is 2.63. The van der Waals surface area contributed by atoms with E-state index in [1.807, 2.05) is 19.4 Å². The van der Waals surface area contributed by atoms with Crippen molar-refractivity contribution < 1.29 is 4.39 Å². The Labute approximate surface area is 120 Å². The van der Waals surface area contributed by atoms with E-state index in [4.69, 9.17) is 0 Å². The van der Waals surface area contributed by atoms with Crippen LogP contribution in [0.15, 0.2) is 29.1 Å². The molecule has 1 fully saturated rings. The second-order valence-corrected chi connectivity index (χ2v) is 5.81. The van der Waals surface area contributed by atoms with Crippen LogP contribution in [0.1, 0.15) is 30.1 Å². The molecule has 100 valence electrons. The third-order valence-corrected chi connectivity index (χ3v) is 4.02. The van der Waals surface area contributed by atoms with Crippen molar-refractivity contribution in [1.82, 2.24) is 9.55 Å². The van der Waals surface area contributed by atoms with Gasteiger partial charge in [-0.05, 0) is 53.4 Å². The minimum atomic E-state index is -0.246. The lowest BCUT2D eigenvalue weighted by Gasteiger charge is -2.12. The Bertz CT molecular complexity index is 605. The number of rotatable bonds is 4. The Morgan fingerprint density at radius 3 is 3.00 bits per heavy atom. The number of nitrogens with one attached hydrogen (secondary N) is 1. The van der Waals surface area contributed by atoms with E-state index in [0.29, 0.717) is 17.1 Å².